The summed E-state index contributed by atoms with van der Waals surface area (Å²) in [4.78, 5) is 41.8. The lowest BCUT2D eigenvalue weighted by molar-refractivity contribution is 0.0194. The summed E-state index contributed by atoms with van der Waals surface area (Å²) in [5.41, 5.74) is 10.8. The Morgan fingerprint density at radius 2 is 0.898 bits per heavy atom. The van der Waals surface area contributed by atoms with Crippen molar-refractivity contribution >= 4 is 34.5 Å². The number of carbonyl (C=O) groups is 2. The summed E-state index contributed by atoms with van der Waals surface area (Å²) in [5, 5.41) is 11.3. The van der Waals surface area contributed by atoms with Crippen molar-refractivity contribution in [3.8, 4) is 11.1 Å². The van der Waals surface area contributed by atoms with Crippen molar-refractivity contribution in [1.82, 2.24) is 30.6 Å². The number of allylic oxidation sites excluding steroid dienone is 4. The van der Waals surface area contributed by atoms with Crippen LogP contribution in [0.3, 0.4) is 0 Å². The predicted octanol–water partition coefficient (Wildman–Crippen LogP) is 22.4. The molecule has 4 aromatic rings. The molecule has 8 aliphatic carbocycles. The van der Waals surface area contributed by atoms with Crippen molar-refractivity contribution in [1.29, 1.82) is 0 Å². The van der Waals surface area contributed by atoms with E-state index in [0.29, 0.717) is 46.1 Å². The van der Waals surface area contributed by atoms with Gasteiger partial charge in [0.15, 0.2) is 0 Å². The van der Waals surface area contributed by atoms with Gasteiger partial charge in [0.1, 0.15) is 17.9 Å². The second-order valence-corrected chi connectivity index (χ2v) is 36.7. The number of hydrogen-bond acceptors (Lipinski definition) is 10. The molecule has 540 valence electrons. The van der Waals surface area contributed by atoms with E-state index in [9.17, 15) is 9.59 Å². The van der Waals surface area contributed by atoms with E-state index in [1.165, 1.54) is 44.9 Å². The molecular weight excluding hydrogens is 1250 g/mol. The number of carbonyl (C=O) groups excluding carboxylic acids is 2. The van der Waals surface area contributed by atoms with Crippen LogP contribution in [0.4, 0.5) is 0 Å². The molecule has 16 atom stereocenters. The van der Waals surface area contributed by atoms with E-state index < -0.39 is 0 Å². The van der Waals surface area contributed by atoms with Gasteiger partial charge in [0, 0.05) is 55.1 Å². The number of fused-ring (bicyclic) bond motifs is 4. The maximum atomic E-state index is 12.5. The number of pyridine rings is 2. The molecule has 0 aromatic carbocycles. The summed E-state index contributed by atoms with van der Waals surface area (Å²) >= 11 is 3.21. The van der Waals surface area contributed by atoms with Crippen molar-refractivity contribution in [3.05, 3.63) is 129 Å². The summed E-state index contributed by atoms with van der Waals surface area (Å²) in [5.74, 6) is 12.8. The van der Waals surface area contributed by atoms with Crippen molar-refractivity contribution in [3.63, 3.8) is 0 Å². The lowest BCUT2D eigenvalue weighted by atomic mass is 9.52. The normalized spacial score (nSPS) is 32.9. The van der Waals surface area contributed by atoms with Crippen LogP contribution >= 0.6 is 22.7 Å². The molecule has 4 saturated carbocycles. The van der Waals surface area contributed by atoms with Crippen LogP contribution in [0.2, 0.25) is 0 Å². The summed E-state index contributed by atoms with van der Waals surface area (Å²) in [6.45, 7) is 48.4. The molecule has 2 amide bonds. The van der Waals surface area contributed by atoms with E-state index >= 15 is 0 Å². The molecule has 12 rings (SSSR count). The minimum Gasteiger partial charge on any atom is -0.473 e. The molecule has 0 saturated heterocycles. The van der Waals surface area contributed by atoms with E-state index in [2.05, 4.69) is 193 Å². The molecule has 0 radical (unpaired) electrons. The first kappa shape index (κ1) is 77.2. The summed E-state index contributed by atoms with van der Waals surface area (Å²) in [6.07, 6.45) is 35.9. The quantitative estimate of drug-likeness (QED) is 0.106. The van der Waals surface area contributed by atoms with Crippen LogP contribution in [0, 0.1) is 116 Å². The predicted molar refractivity (Wildman–Crippen MR) is 409 cm³/mol. The first-order valence-corrected chi connectivity index (χ1v) is 40.6. The number of nitrogens with zero attached hydrogens (tertiary/aromatic N) is 4. The Labute approximate surface area is 602 Å². The van der Waals surface area contributed by atoms with E-state index in [1.807, 2.05) is 46.7 Å². The number of thiazole rings is 2. The number of ether oxygens (including phenoxy) is 2. The highest BCUT2D eigenvalue weighted by Crippen LogP contribution is 2.61. The Morgan fingerprint density at radius 1 is 0.469 bits per heavy atom. The van der Waals surface area contributed by atoms with E-state index in [0.717, 1.165) is 152 Å². The number of aromatic nitrogens is 4. The van der Waals surface area contributed by atoms with Gasteiger partial charge >= 0.3 is 0 Å². The smallest absolute Gasteiger partial charge is 0.273 e. The average Bonchev–Trinajstić information content (AvgIpc) is 0.835. The summed E-state index contributed by atoms with van der Waals surface area (Å²) in [6, 6.07) is 9.60. The van der Waals surface area contributed by atoms with Gasteiger partial charge in [0.2, 0.25) is 5.88 Å². The van der Waals surface area contributed by atoms with Gasteiger partial charge in [0.05, 0.1) is 16.5 Å². The molecule has 4 fully saturated rings. The second-order valence-electron chi connectivity index (χ2n) is 35.1. The summed E-state index contributed by atoms with van der Waals surface area (Å²) in [7, 11) is 0. The highest BCUT2D eigenvalue weighted by Gasteiger charge is 2.53. The van der Waals surface area contributed by atoms with E-state index in [4.69, 9.17) is 9.47 Å². The van der Waals surface area contributed by atoms with Gasteiger partial charge in [-0.25, -0.2) is 9.97 Å². The Bertz CT molecular complexity index is 3080. The zero-order valence-corrected chi connectivity index (χ0v) is 66.0. The van der Waals surface area contributed by atoms with Gasteiger partial charge in [-0.2, -0.15) is 0 Å². The minimum atomic E-state index is -0.0453. The van der Waals surface area contributed by atoms with Crippen LogP contribution in [0.1, 0.15) is 262 Å². The highest BCUT2D eigenvalue weighted by atomic mass is 32.1. The first-order valence-electron chi connectivity index (χ1n) is 38.8. The van der Waals surface area contributed by atoms with Gasteiger partial charge in [0.25, 0.3) is 17.0 Å². The van der Waals surface area contributed by atoms with Gasteiger partial charge in [-0.15, -0.1) is 11.3 Å². The molecule has 0 aliphatic heterocycles. The van der Waals surface area contributed by atoms with Gasteiger partial charge in [-0.3, -0.25) is 19.6 Å². The molecule has 4 heterocycles. The van der Waals surface area contributed by atoms with Crippen molar-refractivity contribution < 1.29 is 19.1 Å². The van der Waals surface area contributed by atoms with Crippen LogP contribution in [0.5, 0.6) is 11.1 Å². The monoisotopic (exact) mass is 1370 g/mol. The zero-order chi connectivity index (χ0) is 71.0. The zero-order valence-electron chi connectivity index (χ0n) is 64.3. The molecule has 8 aliphatic rings. The number of hydrogen-bond donors (Lipinski definition) is 2. The topological polar surface area (TPSA) is 128 Å². The fraction of sp³-hybridized carbons (Fsp3) is 0.698. The molecular formula is C86H130N6O4S2. The largest absolute Gasteiger partial charge is 0.473 e. The fourth-order valence-corrected chi connectivity index (χ4v) is 22.7. The van der Waals surface area contributed by atoms with Crippen molar-refractivity contribution in [2.24, 2.45) is 116 Å². The first-order chi connectivity index (χ1) is 46.5. The molecule has 4 aromatic heterocycles. The lowest BCUT2D eigenvalue weighted by Gasteiger charge is -2.53. The van der Waals surface area contributed by atoms with E-state index in [-0.39, 0.29) is 34.7 Å². The molecule has 98 heavy (non-hydrogen) atoms. The molecule has 2 N–H and O–H groups in total. The maximum Gasteiger partial charge on any atom is 0.273 e. The van der Waals surface area contributed by atoms with E-state index in [1.54, 1.807) is 69.6 Å². The standard InChI is InChI=1S/2C23H34N2O.2C20H31NOS/c1-15(2)20-9-8-18-13-19(10-11-23(18,5)21(20)16(3)4)25-22(26)17-7-6-12-24-14-17;1-15(2)19-10-9-17-14-18(11-12-23(17,5)21(19)16(3)4)25-22(26)20-8-6-7-13-24-20;1-13(2)17-7-6-15-10-16(22-18-11-23-12-21-18)8-9-20(15,5)19(17)14(3)4;1-13(2)17-7-6-15-12-16(22-19-21-10-11-23-19)8-9-20(15,5)18(17)14(3)4/h6-8,12,14-16,19-21H,9-11,13H2,1-5H3,(H,25,26);6-9,13,15-16,18-19,21H,10-12,14H2,1-5H3,(H,25,26);6,11-14,16-17,19H,7-10H2,1-5H3;6,10-11,13-14,16-18H,7-9,12H2,1-5H3/t19-,20?,21?,23-;18-,19?,21?,23-;16-,17?,19?,20-;16-,17?,18?,20-/m0000/s1. The summed E-state index contributed by atoms with van der Waals surface area (Å²) < 4.78 is 12.2. The van der Waals surface area contributed by atoms with Crippen LogP contribution < -0.4 is 20.1 Å². The van der Waals surface area contributed by atoms with Crippen molar-refractivity contribution in [2.45, 2.75) is 265 Å². The van der Waals surface area contributed by atoms with Crippen LogP contribution in [0.15, 0.2) is 118 Å². The van der Waals surface area contributed by atoms with Crippen LogP contribution in [0.25, 0.3) is 0 Å². The van der Waals surface area contributed by atoms with Gasteiger partial charge < -0.3 is 20.1 Å². The molecule has 0 bridgehead atoms. The molecule has 8 unspecified atom stereocenters. The molecule has 10 nitrogen and oxygen atoms in total. The Hall–Kier alpha value is -4.94. The fourth-order valence-electron chi connectivity index (χ4n) is 21.7. The lowest BCUT2D eigenvalue weighted by Crippen LogP contribution is -2.48. The maximum absolute atomic E-state index is 12.5. The molecule has 12 heteroatoms. The third kappa shape index (κ3) is 17.6. The number of amides is 2. The third-order valence-electron chi connectivity index (χ3n) is 26.3. The van der Waals surface area contributed by atoms with Gasteiger partial charge in [-0.05, 0) is 231 Å². The third-order valence-corrected chi connectivity index (χ3v) is 27.5. The number of nitrogens with one attached hydrogen (secondary N) is 2. The SMILES string of the molecule is CC(C)C1CC=C2C[C@@H](NC(=O)c3ccccn3)CC[C@]2(C)C1C(C)C.CC(C)C1CC=C2C[C@@H](NC(=O)c3cccnc3)CC[C@]2(C)C1C(C)C.CC(C)C1CC=C2C[C@@H](Oc3cscn3)CC[C@]2(C)C1C(C)C.CC(C)C1CC=C2C[C@@H](Oc3nccs3)CC[C@]2(C)C1C(C)C. The Balaban J connectivity index is 0.000000153. The second kappa shape index (κ2) is 33.5. The average molecular weight is 1380 g/mol. The van der Waals surface area contributed by atoms with Gasteiger partial charge in [-0.1, -0.05) is 202 Å². The minimum absolute atomic E-state index is 0.00331. The Kier molecular flexibility index (Phi) is 26.4. The van der Waals surface area contributed by atoms with Crippen LogP contribution in [-0.2, 0) is 0 Å². The number of rotatable bonds is 16. The molecule has 0 spiro atoms. The highest BCUT2D eigenvalue weighted by molar-refractivity contribution is 7.11. The van der Waals surface area contributed by atoms with Crippen LogP contribution in [-0.4, -0.2) is 56.0 Å². The Morgan fingerprint density at radius 3 is 1.27 bits per heavy atom. The van der Waals surface area contributed by atoms with Crippen molar-refractivity contribution in [2.75, 3.05) is 0 Å².